The highest BCUT2D eigenvalue weighted by Crippen LogP contribution is 2.28. The molecule has 1 amide bonds. The smallest absolute Gasteiger partial charge is 0.259 e. The number of aromatic nitrogens is 1. The minimum atomic E-state index is 0.0252. The van der Waals surface area contributed by atoms with Crippen LogP contribution in [0.5, 0.6) is 0 Å². The summed E-state index contributed by atoms with van der Waals surface area (Å²) in [5.41, 5.74) is 5.13. The average Bonchev–Trinajstić information content (AvgIpc) is 2.77. The number of nitrogens with zero attached hydrogens (tertiary/aromatic N) is 3. The van der Waals surface area contributed by atoms with Gasteiger partial charge in [0.25, 0.3) is 5.91 Å². The Balaban J connectivity index is 1.59. The molecule has 2 aromatic carbocycles. The van der Waals surface area contributed by atoms with Gasteiger partial charge in [0.15, 0.2) is 0 Å². The Morgan fingerprint density at radius 2 is 1.86 bits per heavy atom. The van der Waals surface area contributed by atoms with Gasteiger partial charge >= 0.3 is 0 Å². The number of hydrogen-bond donors (Lipinski definition) is 0. The molecular weight excluding hydrogens is 346 g/mol. The minimum Gasteiger partial charge on any atom is -0.366 e. The van der Waals surface area contributed by atoms with Crippen molar-refractivity contribution in [3.05, 3.63) is 89.7 Å². The van der Waals surface area contributed by atoms with Crippen molar-refractivity contribution < 1.29 is 4.79 Å². The first-order chi connectivity index (χ1) is 13.8. The summed E-state index contributed by atoms with van der Waals surface area (Å²) in [6.07, 6.45) is 5.54. The molecule has 0 bridgehead atoms. The first-order valence-corrected chi connectivity index (χ1v) is 9.90. The molecule has 4 heteroatoms. The number of anilines is 2. The van der Waals surface area contributed by atoms with E-state index in [1.54, 1.807) is 6.20 Å². The number of fused-ring (bicyclic) bond motifs is 1. The van der Waals surface area contributed by atoms with Crippen LogP contribution in [0.3, 0.4) is 0 Å². The number of pyridine rings is 1. The Labute approximate surface area is 166 Å². The molecule has 1 aromatic heterocycles. The molecule has 3 aromatic rings. The van der Waals surface area contributed by atoms with Crippen molar-refractivity contribution in [2.75, 3.05) is 22.9 Å². The van der Waals surface area contributed by atoms with E-state index in [4.69, 9.17) is 0 Å². The van der Waals surface area contributed by atoms with Gasteiger partial charge in [-0.25, -0.2) is 0 Å². The third-order valence-corrected chi connectivity index (χ3v) is 5.29. The SMILES string of the molecule is CCN(Cc1ccccc1)c1cncc(C(=O)N2CCCc3ccccc32)c1. The number of rotatable bonds is 5. The fourth-order valence-electron chi connectivity index (χ4n) is 3.81. The summed E-state index contributed by atoms with van der Waals surface area (Å²) in [4.78, 5) is 21.8. The maximum atomic E-state index is 13.3. The Kier molecular flexibility index (Phi) is 5.38. The summed E-state index contributed by atoms with van der Waals surface area (Å²) in [7, 11) is 0. The van der Waals surface area contributed by atoms with E-state index in [2.05, 4.69) is 47.1 Å². The summed E-state index contributed by atoms with van der Waals surface area (Å²) < 4.78 is 0. The van der Waals surface area contributed by atoms with Gasteiger partial charge in [-0.2, -0.15) is 0 Å². The molecule has 2 heterocycles. The number of aryl methyl sites for hydroxylation is 1. The van der Waals surface area contributed by atoms with E-state index in [-0.39, 0.29) is 5.91 Å². The molecule has 0 radical (unpaired) electrons. The number of para-hydroxylation sites is 1. The van der Waals surface area contributed by atoms with Crippen LogP contribution in [-0.2, 0) is 13.0 Å². The van der Waals surface area contributed by atoms with Gasteiger partial charge < -0.3 is 9.80 Å². The van der Waals surface area contributed by atoms with E-state index in [1.165, 1.54) is 11.1 Å². The van der Waals surface area contributed by atoms with E-state index in [0.717, 1.165) is 43.9 Å². The molecule has 4 rings (SSSR count). The molecule has 0 fully saturated rings. The van der Waals surface area contributed by atoms with Gasteiger partial charge in [0.05, 0.1) is 17.4 Å². The van der Waals surface area contributed by atoms with E-state index in [9.17, 15) is 4.79 Å². The standard InChI is InChI=1S/C24H25N3O/c1-2-26(18-19-9-4-3-5-10-19)22-15-21(16-25-17-22)24(28)27-14-8-12-20-11-6-7-13-23(20)27/h3-7,9-11,13,15-17H,2,8,12,14,18H2,1H3. The van der Waals surface area contributed by atoms with Crippen LogP contribution in [0.25, 0.3) is 0 Å². The zero-order valence-corrected chi connectivity index (χ0v) is 16.2. The van der Waals surface area contributed by atoms with E-state index < -0.39 is 0 Å². The quantitative estimate of drug-likeness (QED) is 0.652. The predicted molar refractivity (Wildman–Crippen MR) is 114 cm³/mol. The molecule has 0 spiro atoms. The summed E-state index contributed by atoms with van der Waals surface area (Å²) in [5, 5.41) is 0. The molecule has 0 unspecified atom stereocenters. The van der Waals surface area contributed by atoms with Crippen LogP contribution in [0.4, 0.5) is 11.4 Å². The van der Waals surface area contributed by atoms with Crippen molar-refractivity contribution in [3.8, 4) is 0 Å². The Morgan fingerprint density at radius 1 is 1.07 bits per heavy atom. The summed E-state index contributed by atoms with van der Waals surface area (Å²) in [6, 6.07) is 20.5. The van der Waals surface area contributed by atoms with Gasteiger partial charge in [-0.05, 0) is 43.0 Å². The van der Waals surface area contributed by atoms with Gasteiger partial charge in [0.2, 0.25) is 0 Å². The third kappa shape index (κ3) is 3.77. The van der Waals surface area contributed by atoms with Gasteiger partial charge in [0, 0.05) is 31.5 Å². The Hall–Kier alpha value is -3.14. The molecule has 1 aliphatic heterocycles. The number of benzene rings is 2. The highest BCUT2D eigenvalue weighted by Gasteiger charge is 2.24. The number of carbonyl (C=O) groups is 1. The first-order valence-electron chi connectivity index (χ1n) is 9.90. The highest BCUT2D eigenvalue weighted by atomic mass is 16.2. The zero-order chi connectivity index (χ0) is 19.3. The van der Waals surface area contributed by atoms with Gasteiger partial charge in [0.1, 0.15) is 0 Å². The van der Waals surface area contributed by atoms with E-state index in [0.29, 0.717) is 5.56 Å². The Morgan fingerprint density at radius 3 is 2.68 bits per heavy atom. The molecule has 28 heavy (non-hydrogen) atoms. The van der Waals surface area contributed by atoms with Crippen LogP contribution in [-0.4, -0.2) is 24.0 Å². The lowest BCUT2D eigenvalue weighted by atomic mass is 10.0. The third-order valence-electron chi connectivity index (χ3n) is 5.29. The molecule has 1 aliphatic rings. The second-order valence-electron chi connectivity index (χ2n) is 7.12. The second kappa shape index (κ2) is 8.26. The fourth-order valence-corrected chi connectivity index (χ4v) is 3.81. The number of carbonyl (C=O) groups excluding carboxylic acids is 1. The lowest BCUT2D eigenvalue weighted by Gasteiger charge is -2.30. The van der Waals surface area contributed by atoms with Crippen LogP contribution < -0.4 is 9.80 Å². The van der Waals surface area contributed by atoms with Crippen LogP contribution in [0.1, 0.15) is 34.8 Å². The summed E-state index contributed by atoms with van der Waals surface area (Å²) in [5.74, 6) is 0.0252. The molecule has 0 saturated heterocycles. The van der Waals surface area contributed by atoms with Crippen LogP contribution in [0.2, 0.25) is 0 Å². The van der Waals surface area contributed by atoms with Crippen molar-refractivity contribution in [3.63, 3.8) is 0 Å². The van der Waals surface area contributed by atoms with E-state index in [1.807, 2.05) is 41.4 Å². The molecule has 0 atom stereocenters. The fraction of sp³-hybridized carbons (Fsp3) is 0.250. The van der Waals surface area contributed by atoms with Crippen LogP contribution in [0, 0.1) is 0 Å². The maximum absolute atomic E-state index is 13.3. The minimum absolute atomic E-state index is 0.0252. The van der Waals surface area contributed by atoms with Crippen LogP contribution >= 0.6 is 0 Å². The van der Waals surface area contributed by atoms with Gasteiger partial charge in [-0.1, -0.05) is 48.5 Å². The lowest BCUT2D eigenvalue weighted by molar-refractivity contribution is 0.0985. The van der Waals surface area contributed by atoms with Crippen molar-refractivity contribution in [2.45, 2.75) is 26.3 Å². The first kappa shape index (κ1) is 18.2. The molecule has 0 saturated carbocycles. The largest absolute Gasteiger partial charge is 0.366 e. The monoisotopic (exact) mass is 371 g/mol. The molecule has 0 N–H and O–H groups in total. The van der Waals surface area contributed by atoms with Gasteiger partial charge in [-0.3, -0.25) is 9.78 Å². The molecule has 4 nitrogen and oxygen atoms in total. The van der Waals surface area contributed by atoms with Gasteiger partial charge in [-0.15, -0.1) is 0 Å². The van der Waals surface area contributed by atoms with Crippen molar-refractivity contribution >= 4 is 17.3 Å². The number of amides is 1. The summed E-state index contributed by atoms with van der Waals surface area (Å²) in [6.45, 7) is 4.52. The number of hydrogen-bond acceptors (Lipinski definition) is 3. The van der Waals surface area contributed by atoms with Crippen molar-refractivity contribution in [1.82, 2.24) is 4.98 Å². The van der Waals surface area contributed by atoms with Crippen LogP contribution in [0.15, 0.2) is 73.1 Å². The maximum Gasteiger partial charge on any atom is 0.259 e. The molecule has 0 aliphatic carbocycles. The normalized spacial score (nSPS) is 13.1. The summed E-state index contributed by atoms with van der Waals surface area (Å²) >= 11 is 0. The van der Waals surface area contributed by atoms with Crippen molar-refractivity contribution in [1.29, 1.82) is 0 Å². The predicted octanol–water partition coefficient (Wildman–Crippen LogP) is 4.70. The average molecular weight is 371 g/mol. The topological polar surface area (TPSA) is 36.4 Å². The molecular formula is C24H25N3O. The highest BCUT2D eigenvalue weighted by molar-refractivity contribution is 6.07. The van der Waals surface area contributed by atoms with E-state index >= 15 is 0 Å². The Bertz CT molecular complexity index is 955. The lowest BCUT2D eigenvalue weighted by Crippen LogP contribution is -2.35. The zero-order valence-electron chi connectivity index (χ0n) is 16.2. The molecule has 142 valence electrons. The van der Waals surface area contributed by atoms with Crippen molar-refractivity contribution in [2.24, 2.45) is 0 Å². The second-order valence-corrected chi connectivity index (χ2v) is 7.12.